The summed E-state index contributed by atoms with van der Waals surface area (Å²) >= 11 is 3.40. The van der Waals surface area contributed by atoms with Crippen LogP contribution in [0.2, 0.25) is 0 Å². The molecule has 0 fully saturated rings. The van der Waals surface area contributed by atoms with Gasteiger partial charge in [0.25, 0.3) is 0 Å². The number of aliphatic hydroxyl groups is 2. The van der Waals surface area contributed by atoms with Crippen molar-refractivity contribution in [1.82, 2.24) is 0 Å². The molecule has 0 heterocycles. The van der Waals surface area contributed by atoms with Crippen molar-refractivity contribution < 1.29 is 14.9 Å². The normalized spacial score (nSPS) is 11.8. The number of hydrogen-bond acceptors (Lipinski definition) is 3. The van der Waals surface area contributed by atoms with Crippen LogP contribution in [0.5, 0.6) is 0 Å². The molecule has 0 aromatic heterocycles. The van der Waals surface area contributed by atoms with Crippen LogP contribution in [0.25, 0.3) is 0 Å². The molecule has 0 bridgehead atoms. The van der Waals surface area contributed by atoms with Crippen molar-refractivity contribution in [2.75, 3.05) is 26.4 Å². The standard InChI is InChI=1S/C13H19BrO3/c1-2-17-7-6-13(9-15,10-16)11-4-3-5-12(14)8-11/h3-5,8,15-16H,2,6-7,9-10H2,1H3. The van der Waals surface area contributed by atoms with Gasteiger partial charge in [-0.05, 0) is 31.0 Å². The van der Waals surface area contributed by atoms with Crippen molar-refractivity contribution in [3.63, 3.8) is 0 Å². The van der Waals surface area contributed by atoms with Gasteiger partial charge in [-0.2, -0.15) is 0 Å². The summed E-state index contributed by atoms with van der Waals surface area (Å²) in [7, 11) is 0. The third kappa shape index (κ3) is 3.78. The van der Waals surface area contributed by atoms with Crippen molar-refractivity contribution in [2.24, 2.45) is 0 Å². The summed E-state index contributed by atoms with van der Waals surface area (Å²) in [4.78, 5) is 0. The van der Waals surface area contributed by atoms with Crippen LogP contribution in [0.3, 0.4) is 0 Å². The quantitative estimate of drug-likeness (QED) is 0.758. The van der Waals surface area contributed by atoms with Crippen molar-refractivity contribution >= 4 is 15.9 Å². The minimum atomic E-state index is -0.626. The van der Waals surface area contributed by atoms with Crippen molar-refractivity contribution in [3.8, 4) is 0 Å². The zero-order chi connectivity index (χ0) is 12.7. The molecule has 0 aliphatic rings. The molecule has 4 heteroatoms. The van der Waals surface area contributed by atoms with Crippen LogP contribution in [-0.2, 0) is 10.2 Å². The van der Waals surface area contributed by atoms with Gasteiger partial charge in [-0.1, -0.05) is 28.1 Å². The Kier molecular flexibility index (Phi) is 6.12. The Balaban J connectivity index is 2.89. The number of benzene rings is 1. The summed E-state index contributed by atoms with van der Waals surface area (Å²) < 4.78 is 6.25. The number of ether oxygens (including phenoxy) is 1. The number of rotatable bonds is 7. The van der Waals surface area contributed by atoms with E-state index in [1.807, 2.05) is 31.2 Å². The highest BCUT2D eigenvalue weighted by Gasteiger charge is 2.30. The first-order valence-corrected chi connectivity index (χ1v) is 6.53. The molecule has 0 saturated carbocycles. The molecule has 2 N–H and O–H groups in total. The van der Waals surface area contributed by atoms with E-state index in [9.17, 15) is 10.2 Å². The topological polar surface area (TPSA) is 49.7 Å². The first kappa shape index (κ1) is 14.6. The molecule has 0 aliphatic carbocycles. The van der Waals surface area contributed by atoms with Crippen LogP contribution in [-0.4, -0.2) is 36.6 Å². The third-order valence-corrected chi connectivity index (χ3v) is 3.46. The Bertz CT molecular complexity index is 337. The molecule has 0 saturated heterocycles. The minimum Gasteiger partial charge on any atom is -0.395 e. The molecule has 0 aliphatic heterocycles. The summed E-state index contributed by atoms with van der Waals surface area (Å²) in [5, 5.41) is 19.2. The van der Waals surface area contributed by atoms with Gasteiger partial charge in [-0.15, -0.1) is 0 Å². The summed E-state index contributed by atoms with van der Waals surface area (Å²) in [6, 6.07) is 7.67. The van der Waals surface area contributed by atoms with Gasteiger partial charge >= 0.3 is 0 Å². The molecule has 1 rings (SSSR count). The van der Waals surface area contributed by atoms with Crippen LogP contribution in [0.1, 0.15) is 18.9 Å². The predicted molar refractivity (Wildman–Crippen MR) is 71.1 cm³/mol. The summed E-state index contributed by atoms with van der Waals surface area (Å²) in [5.74, 6) is 0. The van der Waals surface area contributed by atoms with Gasteiger partial charge in [0.1, 0.15) is 0 Å². The molecule has 17 heavy (non-hydrogen) atoms. The fourth-order valence-corrected chi connectivity index (χ4v) is 2.16. The van der Waals surface area contributed by atoms with E-state index in [0.29, 0.717) is 19.6 Å². The molecule has 1 aromatic carbocycles. The maximum atomic E-state index is 9.59. The monoisotopic (exact) mass is 302 g/mol. The van der Waals surface area contributed by atoms with Crippen LogP contribution >= 0.6 is 15.9 Å². The summed E-state index contributed by atoms with van der Waals surface area (Å²) in [5.41, 5.74) is 0.301. The van der Waals surface area contributed by atoms with E-state index in [4.69, 9.17) is 4.74 Å². The van der Waals surface area contributed by atoms with Crippen molar-refractivity contribution in [3.05, 3.63) is 34.3 Å². The second kappa shape index (κ2) is 7.11. The minimum absolute atomic E-state index is 0.0903. The van der Waals surface area contributed by atoms with E-state index in [1.165, 1.54) is 0 Å². The molecule has 1 aromatic rings. The predicted octanol–water partition coefficient (Wildman–Crippen LogP) is 2.10. The third-order valence-electron chi connectivity index (χ3n) is 2.97. The van der Waals surface area contributed by atoms with E-state index in [1.54, 1.807) is 0 Å². The smallest absolute Gasteiger partial charge is 0.0550 e. The zero-order valence-corrected chi connectivity index (χ0v) is 11.6. The lowest BCUT2D eigenvalue weighted by atomic mass is 9.79. The zero-order valence-electron chi connectivity index (χ0n) is 10.0. The molecule has 0 unspecified atom stereocenters. The van der Waals surface area contributed by atoms with Gasteiger partial charge in [0.15, 0.2) is 0 Å². The fraction of sp³-hybridized carbons (Fsp3) is 0.538. The lowest BCUT2D eigenvalue weighted by Gasteiger charge is -2.30. The Morgan fingerprint density at radius 3 is 2.53 bits per heavy atom. The number of hydrogen-bond donors (Lipinski definition) is 2. The van der Waals surface area contributed by atoms with Crippen LogP contribution in [0, 0.1) is 0 Å². The molecule has 0 radical (unpaired) electrons. The molecular weight excluding hydrogens is 284 g/mol. The van der Waals surface area contributed by atoms with Gasteiger partial charge < -0.3 is 14.9 Å². The van der Waals surface area contributed by atoms with E-state index in [-0.39, 0.29) is 13.2 Å². The second-order valence-electron chi connectivity index (χ2n) is 4.05. The molecule has 0 atom stereocenters. The highest BCUT2D eigenvalue weighted by molar-refractivity contribution is 9.10. The van der Waals surface area contributed by atoms with Gasteiger partial charge in [0.2, 0.25) is 0 Å². The number of aliphatic hydroxyl groups excluding tert-OH is 2. The van der Waals surface area contributed by atoms with Crippen LogP contribution < -0.4 is 0 Å². The Labute approximate surface area is 111 Å². The van der Waals surface area contributed by atoms with Gasteiger partial charge in [0.05, 0.1) is 13.2 Å². The Hall–Kier alpha value is -0.420. The fourth-order valence-electron chi connectivity index (χ4n) is 1.77. The highest BCUT2D eigenvalue weighted by atomic mass is 79.9. The second-order valence-corrected chi connectivity index (χ2v) is 4.97. The Morgan fingerprint density at radius 2 is 2.00 bits per heavy atom. The summed E-state index contributed by atoms with van der Waals surface area (Å²) in [6.45, 7) is 2.92. The van der Waals surface area contributed by atoms with E-state index >= 15 is 0 Å². The lowest BCUT2D eigenvalue weighted by Crippen LogP contribution is -2.36. The lowest BCUT2D eigenvalue weighted by molar-refractivity contribution is 0.0667. The van der Waals surface area contributed by atoms with Gasteiger partial charge in [0, 0.05) is 23.1 Å². The van der Waals surface area contributed by atoms with Crippen LogP contribution in [0.15, 0.2) is 28.7 Å². The average molecular weight is 303 g/mol. The van der Waals surface area contributed by atoms with Gasteiger partial charge in [-0.25, -0.2) is 0 Å². The van der Waals surface area contributed by atoms with Gasteiger partial charge in [-0.3, -0.25) is 0 Å². The summed E-state index contributed by atoms with van der Waals surface area (Å²) in [6.07, 6.45) is 0.601. The first-order valence-electron chi connectivity index (χ1n) is 5.74. The maximum Gasteiger partial charge on any atom is 0.0550 e. The van der Waals surface area contributed by atoms with Crippen molar-refractivity contribution in [1.29, 1.82) is 0 Å². The van der Waals surface area contributed by atoms with Crippen LogP contribution in [0.4, 0.5) is 0 Å². The van der Waals surface area contributed by atoms with E-state index in [2.05, 4.69) is 15.9 Å². The maximum absolute atomic E-state index is 9.59. The first-order chi connectivity index (χ1) is 8.18. The molecule has 0 amide bonds. The Morgan fingerprint density at radius 1 is 1.29 bits per heavy atom. The molecular formula is C13H19BrO3. The molecule has 96 valence electrons. The van der Waals surface area contributed by atoms with Crippen molar-refractivity contribution in [2.45, 2.75) is 18.8 Å². The van der Waals surface area contributed by atoms with E-state index < -0.39 is 5.41 Å². The molecule has 3 nitrogen and oxygen atoms in total. The van der Waals surface area contributed by atoms with E-state index in [0.717, 1.165) is 10.0 Å². The largest absolute Gasteiger partial charge is 0.395 e. The molecule has 0 spiro atoms. The SMILES string of the molecule is CCOCCC(CO)(CO)c1cccc(Br)c1. The number of halogens is 1. The average Bonchev–Trinajstić information content (AvgIpc) is 2.35. The highest BCUT2D eigenvalue weighted by Crippen LogP contribution is 2.29.